The van der Waals surface area contributed by atoms with Gasteiger partial charge in [-0.25, -0.2) is 0 Å². The first kappa shape index (κ1) is 42.1. The Hall–Kier alpha value is -3.60. The molecule has 12 heteroatoms. The number of hydrogen-bond acceptors (Lipinski definition) is 7. The largest absolute Gasteiger partial charge is 0.481 e. The Balaban J connectivity index is 1.80. The quantitative estimate of drug-likeness (QED) is 0.0471. The van der Waals surface area contributed by atoms with E-state index in [0.29, 0.717) is 18.5 Å². The van der Waals surface area contributed by atoms with Crippen LogP contribution in [0.2, 0.25) is 0 Å². The normalized spacial score (nSPS) is 19.2. The fraction of sp³-hybridized carbons (Fsp3) is 0.463. The Bertz CT molecular complexity index is 1990. The fourth-order valence-corrected chi connectivity index (χ4v) is 9.74. The summed E-state index contributed by atoms with van der Waals surface area (Å²) >= 11 is 0. The molecule has 1 atom stereocenters. The van der Waals surface area contributed by atoms with E-state index in [1.54, 1.807) is 19.9 Å². The molecule has 0 fully saturated rings. The maximum absolute atomic E-state index is 14.3. The molecule has 2 aliphatic rings. The van der Waals surface area contributed by atoms with E-state index in [2.05, 4.69) is 68.0 Å². The molecule has 0 saturated carbocycles. The Morgan fingerprint density at radius 2 is 1.66 bits per heavy atom. The highest BCUT2D eigenvalue weighted by Crippen LogP contribution is 2.66. The average molecular weight is 768 g/mol. The van der Waals surface area contributed by atoms with Gasteiger partial charge < -0.3 is 19.1 Å². The summed E-state index contributed by atoms with van der Waals surface area (Å²) < 4.78 is 62.8. The third kappa shape index (κ3) is 8.87. The number of carboxylic acids is 1. The van der Waals surface area contributed by atoms with Gasteiger partial charge in [-0.15, -0.1) is 0 Å². The van der Waals surface area contributed by atoms with E-state index < -0.39 is 29.1 Å². The van der Waals surface area contributed by atoms with Gasteiger partial charge in [0.2, 0.25) is 5.69 Å². The van der Waals surface area contributed by atoms with E-state index in [9.17, 15) is 22.3 Å². The van der Waals surface area contributed by atoms with Crippen molar-refractivity contribution in [1.29, 1.82) is 0 Å². The summed E-state index contributed by atoms with van der Waals surface area (Å²) in [7, 11) is -8.45. The smallest absolute Gasteiger partial charge is 0.358 e. The van der Waals surface area contributed by atoms with Crippen molar-refractivity contribution in [3.63, 3.8) is 0 Å². The molecule has 0 bridgehead atoms. The summed E-state index contributed by atoms with van der Waals surface area (Å²) in [5, 5.41) is 9.25. The van der Waals surface area contributed by atoms with Crippen LogP contribution in [0.1, 0.15) is 96.8 Å². The van der Waals surface area contributed by atoms with E-state index in [1.165, 1.54) is 23.3 Å². The number of benzene rings is 2. The molecule has 4 rings (SSSR count). The predicted octanol–water partition coefficient (Wildman–Crippen LogP) is 9.62. The molecule has 2 N–H and O–H groups in total. The lowest BCUT2D eigenvalue weighted by Crippen LogP contribution is -2.31. The van der Waals surface area contributed by atoms with E-state index >= 15 is 0 Å². The Kier molecular flexibility index (Phi) is 13.7. The third-order valence-electron chi connectivity index (χ3n) is 10.2. The summed E-state index contributed by atoms with van der Waals surface area (Å²) in [5.74, 6) is -0.773. The number of allylic oxidation sites excluding steroid dienone is 6. The molecule has 2 aromatic rings. The van der Waals surface area contributed by atoms with Crippen molar-refractivity contribution in [2.45, 2.75) is 103 Å². The Labute approximate surface area is 315 Å². The summed E-state index contributed by atoms with van der Waals surface area (Å²) in [5.41, 5.74) is 5.22. The predicted molar refractivity (Wildman–Crippen MR) is 212 cm³/mol. The molecule has 10 nitrogen and oxygen atoms in total. The van der Waals surface area contributed by atoms with Gasteiger partial charge in [0.05, 0.1) is 34.3 Å². The topological polar surface area (TPSA) is 133 Å². The molecule has 0 radical (unpaired) electrons. The molecule has 288 valence electrons. The molecule has 53 heavy (non-hydrogen) atoms. The van der Waals surface area contributed by atoms with Gasteiger partial charge in [-0.2, -0.15) is 13.0 Å². The van der Waals surface area contributed by atoms with E-state index in [-0.39, 0.29) is 35.3 Å². The second kappa shape index (κ2) is 17.2. The monoisotopic (exact) mass is 767 g/mol. The molecule has 0 aromatic heterocycles. The number of aryl methyl sites for hydroxylation is 1. The van der Waals surface area contributed by atoms with E-state index in [4.69, 9.17) is 14.2 Å². The highest BCUT2D eigenvalue weighted by atomic mass is 32.2. The van der Waals surface area contributed by atoms with Gasteiger partial charge in [0.15, 0.2) is 5.71 Å². The highest BCUT2D eigenvalue weighted by Gasteiger charge is 2.52. The number of unbranched alkanes of at least 4 members (excludes halogenated alkanes) is 3. The van der Waals surface area contributed by atoms with Crippen molar-refractivity contribution in [2.24, 2.45) is 0 Å². The lowest BCUT2D eigenvalue weighted by molar-refractivity contribution is -0.438. The average Bonchev–Trinajstić information content (AvgIpc) is 3.45. The van der Waals surface area contributed by atoms with Crippen LogP contribution in [0.4, 0.5) is 11.4 Å². The number of carbonyl (C=O) groups is 1. The van der Waals surface area contributed by atoms with E-state index in [0.717, 1.165) is 55.0 Å². The minimum atomic E-state index is -4.54. The second-order valence-electron chi connectivity index (χ2n) is 14.2. The van der Waals surface area contributed by atoms with Crippen LogP contribution >= 0.6 is 7.60 Å². The zero-order valence-corrected chi connectivity index (χ0v) is 33.9. The molecule has 2 aliphatic heterocycles. The zero-order valence-electron chi connectivity index (χ0n) is 32.2. The van der Waals surface area contributed by atoms with Gasteiger partial charge in [0.1, 0.15) is 6.54 Å². The highest BCUT2D eigenvalue weighted by molar-refractivity contribution is 7.85. The summed E-state index contributed by atoms with van der Waals surface area (Å²) in [6.07, 6.45) is 14.1. The zero-order chi connectivity index (χ0) is 39.2. The summed E-state index contributed by atoms with van der Waals surface area (Å²) in [6.45, 7) is 19.8. The third-order valence-corrected chi connectivity index (χ3v) is 13.3. The van der Waals surface area contributed by atoms with Crippen molar-refractivity contribution in [1.82, 2.24) is 0 Å². The number of hydrogen-bond donors (Lipinski definition) is 2. The minimum Gasteiger partial charge on any atom is -0.481 e. The van der Waals surface area contributed by atoms with Gasteiger partial charge >= 0.3 is 13.6 Å². The van der Waals surface area contributed by atoms with Crippen LogP contribution in [0.3, 0.4) is 0 Å². The van der Waals surface area contributed by atoms with Crippen molar-refractivity contribution in [3.05, 3.63) is 101 Å². The van der Waals surface area contributed by atoms with Crippen molar-refractivity contribution in [2.75, 3.05) is 31.2 Å². The Morgan fingerprint density at radius 1 is 0.962 bits per heavy atom. The second-order valence-corrected chi connectivity index (χ2v) is 17.7. The molecule has 0 aliphatic carbocycles. The van der Waals surface area contributed by atoms with Gasteiger partial charge in [-0.05, 0) is 96.7 Å². The number of fused-ring (bicyclic) bond motifs is 2. The van der Waals surface area contributed by atoms with Crippen LogP contribution in [0.25, 0.3) is 0 Å². The molecular weight excluding hydrogens is 711 g/mol. The van der Waals surface area contributed by atoms with Gasteiger partial charge in [-0.1, -0.05) is 49.8 Å². The van der Waals surface area contributed by atoms with Crippen molar-refractivity contribution >= 4 is 40.8 Å². The molecular formula is C41H56N2O8PS+. The molecule has 1 unspecified atom stereocenters. The van der Waals surface area contributed by atoms with Gasteiger partial charge in [0, 0.05) is 48.5 Å². The van der Waals surface area contributed by atoms with Crippen LogP contribution in [0.5, 0.6) is 0 Å². The fourth-order valence-electron chi connectivity index (χ4n) is 7.38. The van der Waals surface area contributed by atoms with Crippen molar-refractivity contribution in [3.8, 4) is 0 Å². The van der Waals surface area contributed by atoms with Crippen LogP contribution in [-0.4, -0.2) is 60.6 Å². The standard InChI is InChI=1S/C41H55N2O8PS/c1-9-12-26-43-36-25-23-32(53(47,48)49)29-34(36)41(8,31(5)52(46,50-10-2)51-11-3)38(43)20-16-13-15-19-37-40(6,7)33-28-30(4)22-24-35(33)42(37)27-18-14-17-21-39(44)45/h13,15-16,19-20,22-25,28-29H,5,9-12,14,17-18,21,26-27H2,1-4,6-8H3,(H-,44,45,47,48,49)/p+1. The summed E-state index contributed by atoms with van der Waals surface area (Å²) in [4.78, 5) is 12.9. The number of nitrogens with zero attached hydrogens (tertiary/aromatic N) is 2. The molecule has 2 heterocycles. The van der Waals surface area contributed by atoms with Crippen LogP contribution in [-0.2, 0) is 39.4 Å². The summed E-state index contributed by atoms with van der Waals surface area (Å²) in [6, 6.07) is 11.0. The first-order valence-electron chi connectivity index (χ1n) is 18.5. The number of carboxylic acid groups (broad SMARTS) is 1. The number of anilines is 1. The number of rotatable bonds is 19. The SMILES string of the molecule is C=C(C1(C)/C(=C/C=C/C=C/C2=[N+](CCCCCC(=O)O)c3ccc(C)cc3C2(C)C)N(CCCC)c2ccc(S(=O)(=O)O)cc21)P(=O)(OCC)OCC. The first-order chi connectivity index (χ1) is 25.0. The van der Waals surface area contributed by atoms with Gasteiger partial charge in [-0.3, -0.25) is 13.9 Å². The van der Waals surface area contributed by atoms with Crippen LogP contribution in [0.15, 0.2) is 89.3 Å². The minimum absolute atomic E-state index is 0.117. The maximum atomic E-state index is 14.3. The Morgan fingerprint density at radius 3 is 2.28 bits per heavy atom. The van der Waals surface area contributed by atoms with E-state index in [1.807, 2.05) is 31.2 Å². The number of aliphatic carboxylic acids is 1. The lowest BCUT2D eigenvalue weighted by atomic mass is 9.81. The first-order valence-corrected chi connectivity index (χ1v) is 21.5. The lowest BCUT2D eigenvalue weighted by Gasteiger charge is -2.34. The van der Waals surface area contributed by atoms with Gasteiger partial charge in [0.25, 0.3) is 10.1 Å². The molecule has 0 spiro atoms. The molecule has 0 saturated heterocycles. The van der Waals surface area contributed by atoms with Crippen molar-refractivity contribution < 1.29 is 41.1 Å². The van der Waals surface area contributed by atoms with Crippen LogP contribution < -0.4 is 4.90 Å². The van der Waals surface area contributed by atoms with Crippen LogP contribution in [0, 0.1) is 6.92 Å². The maximum Gasteiger partial charge on any atom is 0.358 e. The molecule has 2 aromatic carbocycles. The molecule has 0 amide bonds.